The molecule has 0 aromatic carbocycles. The van der Waals surface area contributed by atoms with E-state index in [9.17, 15) is 4.79 Å². The molecule has 0 radical (unpaired) electrons. The lowest BCUT2D eigenvalue weighted by Gasteiger charge is -2.13. The molecule has 0 aliphatic carbocycles. The first-order valence-corrected chi connectivity index (χ1v) is 7.46. The highest BCUT2D eigenvalue weighted by Gasteiger charge is 2.10. The number of carbonyl (C=O) groups is 1. The van der Waals surface area contributed by atoms with Crippen LogP contribution in [0.1, 0.15) is 30.1 Å². The van der Waals surface area contributed by atoms with Crippen molar-refractivity contribution in [2.75, 3.05) is 12.4 Å². The minimum absolute atomic E-state index is 0.00466. The maximum Gasteiger partial charge on any atom is 0.252 e. The Labute approximate surface area is 114 Å². The van der Waals surface area contributed by atoms with Crippen LogP contribution >= 0.6 is 38.9 Å². The Bertz CT molecular complexity index is 342. The number of hydrogen-bond acceptors (Lipinski definition) is 2. The molecule has 90 valence electrons. The molecule has 0 saturated heterocycles. The lowest BCUT2D eigenvalue weighted by molar-refractivity contribution is 0.0947. The van der Waals surface area contributed by atoms with E-state index in [-0.39, 0.29) is 5.91 Å². The highest BCUT2D eigenvalue weighted by Crippen LogP contribution is 2.20. The van der Waals surface area contributed by atoms with Gasteiger partial charge in [0.15, 0.2) is 0 Å². The molecule has 0 spiro atoms. The second-order valence-corrected chi connectivity index (χ2v) is 6.27. The first kappa shape index (κ1) is 14.0. The van der Waals surface area contributed by atoms with Gasteiger partial charge >= 0.3 is 0 Å². The van der Waals surface area contributed by atoms with Gasteiger partial charge in [0.2, 0.25) is 0 Å². The second kappa shape index (κ2) is 7.30. The van der Waals surface area contributed by atoms with Crippen molar-refractivity contribution in [3.05, 3.63) is 20.8 Å². The molecule has 1 aromatic rings. The average Bonchev–Trinajstić information content (AvgIpc) is 2.70. The van der Waals surface area contributed by atoms with Crippen LogP contribution in [0, 0.1) is 5.92 Å². The highest BCUT2D eigenvalue weighted by atomic mass is 79.9. The third kappa shape index (κ3) is 4.44. The number of carbonyl (C=O) groups excluding carboxylic acids is 1. The number of alkyl halides is 1. The summed E-state index contributed by atoms with van der Waals surface area (Å²) in [5, 5.41) is 4.79. The van der Waals surface area contributed by atoms with Crippen LogP contribution in [-0.4, -0.2) is 18.3 Å². The number of hydrogen-bond donors (Lipinski definition) is 1. The van der Waals surface area contributed by atoms with Gasteiger partial charge in [-0.25, -0.2) is 0 Å². The van der Waals surface area contributed by atoms with Crippen LogP contribution in [0.2, 0.25) is 0 Å². The van der Waals surface area contributed by atoms with Crippen LogP contribution in [0.15, 0.2) is 15.2 Å². The molecule has 1 aromatic heterocycles. The molecule has 5 heteroatoms. The standard InChI is InChI=1S/C11H15BrClNOS/c1-2-8(3-4-13)6-14-11(15)9-5-10(12)16-7-9/h5,7-8H,2-4,6H2,1H3,(H,14,15). The van der Waals surface area contributed by atoms with Gasteiger partial charge in [-0.3, -0.25) is 4.79 Å². The van der Waals surface area contributed by atoms with E-state index in [1.807, 2.05) is 11.4 Å². The Morgan fingerprint density at radius 3 is 2.94 bits per heavy atom. The van der Waals surface area contributed by atoms with Crippen molar-refractivity contribution in [1.82, 2.24) is 5.32 Å². The summed E-state index contributed by atoms with van der Waals surface area (Å²) in [6.07, 6.45) is 1.99. The van der Waals surface area contributed by atoms with Crippen LogP contribution in [0.25, 0.3) is 0 Å². The van der Waals surface area contributed by atoms with Gasteiger partial charge in [-0.2, -0.15) is 0 Å². The van der Waals surface area contributed by atoms with Gasteiger partial charge in [0.1, 0.15) is 0 Å². The molecule has 0 saturated carbocycles. The van der Waals surface area contributed by atoms with Gasteiger partial charge in [0.05, 0.1) is 9.35 Å². The average molecular weight is 325 g/mol. The Balaban J connectivity index is 2.40. The maximum absolute atomic E-state index is 11.7. The lowest BCUT2D eigenvalue weighted by atomic mass is 10.0. The largest absolute Gasteiger partial charge is 0.352 e. The predicted octanol–water partition coefficient (Wildman–Crippen LogP) is 3.90. The van der Waals surface area contributed by atoms with Crippen LogP contribution < -0.4 is 5.32 Å². The van der Waals surface area contributed by atoms with Crippen LogP contribution in [0.3, 0.4) is 0 Å². The van der Waals surface area contributed by atoms with Crippen molar-refractivity contribution < 1.29 is 4.79 Å². The van der Waals surface area contributed by atoms with E-state index in [4.69, 9.17) is 11.6 Å². The second-order valence-electron chi connectivity index (χ2n) is 3.60. The fourth-order valence-electron chi connectivity index (χ4n) is 1.37. The molecule has 1 unspecified atom stereocenters. The summed E-state index contributed by atoms with van der Waals surface area (Å²) in [5.74, 6) is 1.12. The van der Waals surface area contributed by atoms with E-state index in [1.165, 1.54) is 11.3 Å². The molecule has 1 rings (SSSR count). The quantitative estimate of drug-likeness (QED) is 0.790. The molecule has 1 N–H and O–H groups in total. The molecule has 1 amide bonds. The maximum atomic E-state index is 11.7. The fourth-order valence-corrected chi connectivity index (χ4v) is 2.82. The minimum Gasteiger partial charge on any atom is -0.352 e. The molecule has 1 heterocycles. The number of rotatable bonds is 6. The van der Waals surface area contributed by atoms with Gasteiger partial charge in [0.25, 0.3) is 5.91 Å². The van der Waals surface area contributed by atoms with E-state index < -0.39 is 0 Å². The summed E-state index contributed by atoms with van der Waals surface area (Å²) in [4.78, 5) is 11.7. The smallest absolute Gasteiger partial charge is 0.252 e. The van der Waals surface area contributed by atoms with Gasteiger partial charge in [-0.15, -0.1) is 22.9 Å². The van der Waals surface area contributed by atoms with Crippen molar-refractivity contribution in [2.45, 2.75) is 19.8 Å². The van der Waals surface area contributed by atoms with Crippen molar-refractivity contribution in [3.8, 4) is 0 Å². The molecule has 1 atom stereocenters. The number of nitrogens with one attached hydrogen (secondary N) is 1. The normalized spacial score (nSPS) is 12.4. The Morgan fingerprint density at radius 2 is 2.44 bits per heavy atom. The van der Waals surface area contributed by atoms with Crippen LogP contribution in [0.4, 0.5) is 0 Å². The van der Waals surface area contributed by atoms with E-state index in [2.05, 4.69) is 28.2 Å². The summed E-state index contributed by atoms with van der Waals surface area (Å²) >= 11 is 10.6. The van der Waals surface area contributed by atoms with Crippen molar-refractivity contribution in [2.24, 2.45) is 5.92 Å². The van der Waals surface area contributed by atoms with Crippen LogP contribution in [-0.2, 0) is 0 Å². The minimum atomic E-state index is -0.00466. The summed E-state index contributed by atoms with van der Waals surface area (Å²) in [5.41, 5.74) is 0.720. The highest BCUT2D eigenvalue weighted by molar-refractivity contribution is 9.11. The Kier molecular flexibility index (Phi) is 6.39. The predicted molar refractivity (Wildman–Crippen MR) is 73.5 cm³/mol. The van der Waals surface area contributed by atoms with Gasteiger partial charge in [-0.1, -0.05) is 13.3 Å². The Hall–Kier alpha value is -0.0600. The summed E-state index contributed by atoms with van der Waals surface area (Å²) in [6.45, 7) is 2.82. The SMILES string of the molecule is CCC(CCCl)CNC(=O)c1csc(Br)c1. The van der Waals surface area contributed by atoms with Gasteiger partial charge < -0.3 is 5.32 Å². The number of halogens is 2. The van der Waals surface area contributed by atoms with E-state index >= 15 is 0 Å². The molecular weight excluding hydrogens is 310 g/mol. The van der Waals surface area contributed by atoms with Crippen LogP contribution in [0.5, 0.6) is 0 Å². The van der Waals surface area contributed by atoms with E-state index in [0.717, 1.165) is 22.2 Å². The molecule has 0 aliphatic heterocycles. The van der Waals surface area contributed by atoms with Gasteiger partial charge in [0, 0.05) is 17.8 Å². The monoisotopic (exact) mass is 323 g/mol. The molecule has 0 aliphatic rings. The lowest BCUT2D eigenvalue weighted by Crippen LogP contribution is -2.29. The fraction of sp³-hybridized carbons (Fsp3) is 0.545. The third-order valence-corrected chi connectivity index (χ3v) is 4.20. The van der Waals surface area contributed by atoms with Crippen molar-refractivity contribution in [1.29, 1.82) is 0 Å². The summed E-state index contributed by atoms with van der Waals surface area (Å²) in [7, 11) is 0. The van der Waals surface area contributed by atoms with E-state index in [0.29, 0.717) is 18.3 Å². The van der Waals surface area contributed by atoms with Crippen molar-refractivity contribution in [3.63, 3.8) is 0 Å². The zero-order chi connectivity index (χ0) is 12.0. The number of amides is 1. The summed E-state index contributed by atoms with van der Waals surface area (Å²) < 4.78 is 0.977. The van der Waals surface area contributed by atoms with Crippen molar-refractivity contribution >= 4 is 44.8 Å². The van der Waals surface area contributed by atoms with Gasteiger partial charge in [-0.05, 0) is 34.3 Å². The number of thiophene rings is 1. The van der Waals surface area contributed by atoms with E-state index in [1.54, 1.807) is 0 Å². The summed E-state index contributed by atoms with van der Waals surface area (Å²) in [6, 6.07) is 1.84. The molecule has 0 bridgehead atoms. The zero-order valence-corrected chi connectivity index (χ0v) is 12.3. The molecule has 2 nitrogen and oxygen atoms in total. The third-order valence-electron chi connectivity index (χ3n) is 2.48. The first-order chi connectivity index (χ1) is 7.67. The zero-order valence-electron chi connectivity index (χ0n) is 9.13. The molecule has 16 heavy (non-hydrogen) atoms. The molecule has 0 fully saturated rings. The Morgan fingerprint density at radius 1 is 1.69 bits per heavy atom. The topological polar surface area (TPSA) is 29.1 Å². The molecular formula is C11H15BrClNOS. The first-order valence-electron chi connectivity index (χ1n) is 5.25.